The lowest BCUT2D eigenvalue weighted by Gasteiger charge is -2.32. The third-order valence-corrected chi connectivity index (χ3v) is 6.08. The summed E-state index contributed by atoms with van der Waals surface area (Å²) in [5.41, 5.74) is 1.84. The predicted octanol–water partition coefficient (Wildman–Crippen LogP) is 4.01. The van der Waals surface area contributed by atoms with Crippen LogP contribution in [0.3, 0.4) is 0 Å². The summed E-state index contributed by atoms with van der Waals surface area (Å²) in [6.45, 7) is -1.47. The largest absolute Gasteiger partial charge is 0.493 e. The van der Waals surface area contributed by atoms with E-state index >= 15 is 0 Å². The second-order valence-electron chi connectivity index (χ2n) is 8.12. The molecule has 1 aliphatic rings. The van der Waals surface area contributed by atoms with Gasteiger partial charge < -0.3 is 25.3 Å². The molecule has 1 aliphatic heterocycles. The van der Waals surface area contributed by atoms with Gasteiger partial charge in [-0.1, -0.05) is 13.0 Å². The van der Waals surface area contributed by atoms with Gasteiger partial charge in [0.05, 0.1) is 7.11 Å². The maximum absolute atomic E-state index is 14.9. The highest BCUT2D eigenvalue weighted by molar-refractivity contribution is 5.97. The fourth-order valence-corrected chi connectivity index (χ4v) is 4.09. The number of primary amides is 1. The van der Waals surface area contributed by atoms with E-state index in [1.807, 2.05) is 0 Å². The van der Waals surface area contributed by atoms with Gasteiger partial charge in [-0.2, -0.15) is 26.3 Å². The molecule has 8 nitrogen and oxygen atoms in total. The number of anilines is 1. The molecule has 2 heterocycles. The molecule has 1 saturated heterocycles. The molecule has 0 unspecified atom stereocenters. The van der Waals surface area contributed by atoms with Gasteiger partial charge in [0.15, 0.2) is 17.1 Å². The first-order chi connectivity index (χ1) is 16.7. The van der Waals surface area contributed by atoms with E-state index in [0.717, 1.165) is 45.4 Å². The number of carbonyl (C=O) groups is 2. The molecular formula is C22H21F6N3O5. The van der Waals surface area contributed by atoms with Crippen LogP contribution in [-0.4, -0.2) is 48.4 Å². The summed E-state index contributed by atoms with van der Waals surface area (Å²) < 4.78 is 96.6. The van der Waals surface area contributed by atoms with Crippen LogP contribution < -0.4 is 20.5 Å². The molecule has 0 radical (unpaired) electrons. The zero-order valence-electron chi connectivity index (χ0n) is 19.0. The van der Waals surface area contributed by atoms with Crippen LogP contribution in [0, 0.1) is 11.7 Å². The topological polar surface area (TPSA) is 113 Å². The van der Waals surface area contributed by atoms with Crippen LogP contribution in [0.2, 0.25) is 0 Å². The molecule has 0 spiro atoms. The van der Waals surface area contributed by atoms with Gasteiger partial charge in [-0.05, 0) is 25.1 Å². The lowest BCUT2D eigenvalue weighted by Crippen LogP contribution is -2.47. The van der Waals surface area contributed by atoms with Crippen LogP contribution >= 0.6 is 0 Å². The predicted molar refractivity (Wildman–Crippen MR) is 112 cm³/mol. The Balaban J connectivity index is 2.08. The lowest BCUT2D eigenvalue weighted by molar-refractivity contribution is -0.272. The van der Waals surface area contributed by atoms with E-state index in [1.165, 1.54) is 6.07 Å². The fourth-order valence-electron chi connectivity index (χ4n) is 4.09. The molecular weight excluding hydrogens is 500 g/mol. The van der Waals surface area contributed by atoms with E-state index in [0.29, 0.717) is 0 Å². The van der Waals surface area contributed by atoms with E-state index in [1.54, 1.807) is 0 Å². The molecule has 0 aliphatic carbocycles. The number of halogens is 6. The molecule has 3 N–H and O–H groups in total. The molecule has 4 atom stereocenters. The van der Waals surface area contributed by atoms with Crippen molar-refractivity contribution in [2.24, 2.45) is 11.7 Å². The van der Waals surface area contributed by atoms with Gasteiger partial charge in [0, 0.05) is 29.3 Å². The molecule has 1 aromatic carbocycles. The third kappa shape index (κ3) is 4.90. The molecule has 196 valence electrons. The number of rotatable bonds is 7. The number of ether oxygens (including phenoxy) is 3. The average Bonchev–Trinajstić information content (AvgIpc) is 3.07. The highest BCUT2D eigenvalue weighted by Gasteiger charge is 2.66. The Hall–Kier alpha value is -3.55. The number of nitrogens with zero attached hydrogens (tertiary/aromatic N) is 1. The van der Waals surface area contributed by atoms with Crippen LogP contribution in [0.5, 0.6) is 11.5 Å². The molecule has 2 amide bonds. The first-order valence-corrected chi connectivity index (χ1v) is 10.3. The van der Waals surface area contributed by atoms with Gasteiger partial charge in [-0.15, -0.1) is 0 Å². The first kappa shape index (κ1) is 27.0. The SMILES string of the molecule is COc1c([C@H]2[C@H](C(=O)Nc3ccnc(C(N)=O)c3)O[C@@](C)(C(F)(F)F)[C@H]2C)ccc(OC(F)F)c1F. The summed E-state index contributed by atoms with van der Waals surface area (Å²) in [4.78, 5) is 28.2. The summed E-state index contributed by atoms with van der Waals surface area (Å²) in [6.07, 6.45) is -5.64. The van der Waals surface area contributed by atoms with Crippen LogP contribution in [0.25, 0.3) is 0 Å². The number of pyridine rings is 1. The number of methoxy groups -OCH3 is 1. The van der Waals surface area contributed by atoms with E-state index in [-0.39, 0.29) is 16.9 Å². The van der Waals surface area contributed by atoms with Gasteiger partial charge in [0.1, 0.15) is 11.8 Å². The second-order valence-corrected chi connectivity index (χ2v) is 8.12. The van der Waals surface area contributed by atoms with Crippen molar-refractivity contribution in [3.8, 4) is 11.5 Å². The summed E-state index contributed by atoms with van der Waals surface area (Å²) in [5.74, 6) is -7.85. The lowest BCUT2D eigenvalue weighted by atomic mass is 9.77. The molecule has 3 rings (SSSR count). The van der Waals surface area contributed by atoms with E-state index in [2.05, 4.69) is 15.0 Å². The number of hydrogen-bond donors (Lipinski definition) is 2. The summed E-state index contributed by atoms with van der Waals surface area (Å²) in [5, 5.41) is 2.34. The Morgan fingerprint density at radius 3 is 2.47 bits per heavy atom. The van der Waals surface area contributed by atoms with Crippen LogP contribution in [0.1, 0.15) is 35.8 Å². The van der Waals surface area contributed by atoms with Gasteiger partial charge in [0.2, 0.25) is 5.82 Å². The number of nitrogens with two attached hydrogens (primary N) is 1. The summed E-state index contributed by atoms with van der Waals surface area (Å²) in [6, 6.07) is 4.20. The maximum atomic E-state index is 14.9. The number of nitrogens with one attached hydrogen (secondary N) is 1. The smallest absolute Gasteiger partial charge is 0.417 e. The molecule has 14 heteroatoms. The normalized spacial score (nSPS) is 24.0. The minimum absolute atomic E-state index is 0.0155. The number of aromatic nitrogens is 1. The summed E-state index contributed by atoms with van der Waals surface area (Å²) in [7, 11) is 0.981. The van der Waals surface area contributed by atoms with Gasteiger partial charge in [0.25, 0.3) is 11.8 Å². The van der Waals surface area contributed by atoms with Crippen molar-refractivity contribution < 1.29 is 50.1 Å². The highest BCUT2D eigenvalue weighted by Crippen LogP contribution is 2.55. The van der Waals surface area contributed by atoms with Crippen molar-refractivity contribution in [1.29, 1.82) is 0 Å². The molecule has 36 heavy (non-hydrogen) atoms. The van der Waals surface area contributed by atoms with Crippen molar-refractivity contribution in [2.45, 2.75) is 44.3 Å². The molecule has 2 aromatic rings. The third-order valence-electron chi connectivity index (χ3n) is 6.08. The Bertz CT molecular complexity index is 1160. The van der Waals surface area contributed by atoms with Crippen molar-refractivity contribution in [2.75, 3.05) is 12.4 Å². The Morgan fingerprint density at radius 2 is 1.92 bits per heavy atom. The van der Waals surface area contributed by atoms with Crippen molar-refractivity contribution in [3.05, 3.63) is 47.5 Å². The average molecular weight is 521 g/mol. The number of carbonyl (C=O) groups excluding carboxylic acids is 2. The number of alkyl halides is 5. The Morgan fingerprint density at radius 1 is 1.25 bits per heavy atom. The Kier molecular flexibility index (Phi) is 7.39. The summed E-state index contributed by atoms with van der Waals surface area (Å²) >= 11 is 0. The van der Waals surface area contributed by atoms with E-state index in [4.69, 9.17) is 15.2 Å². The van der Waals surface area contributed by atoms with Crippen molar-refractivity contribution in [3.63, 3.8) is 0 Å². The van der Waals surface area contributed by atoms with Crippen molar-refractivity contribution in [1.82, 2.24) is 4.98 Å². The monoisotopic (exact) mass is 521 g/mol. The number of benzene rings is 1. The first-order valence-electron chi connectivity index (χ1n) is 10.3. The minimum atomic E-state index is -4.94. The highest BCUT2D eigenvalue weighted by atomic mass is 19.4. The second kappa shape index (κ2) is 9.84. The fraction of sp³-hybridized carbons (Fsp3) is 0.409. The van der Waals surface area contributed by atoms with E-state index in [9.17, 15) is 35.9 Å². The molecule has 1 aromatic heterocycles. The number of amides is 2. The minimum Gasteiger partial charge on any atom is -0.493 e. The van der Waals surface area contributed by atoms with Crippen LogP contribution in [0.15, 0.2) is 30.5 Å². The van der Waals surface area contributed by atoms with Gasteiger partial charge >= 0.3 is 12.8 Å². The van der Waals surface area contributed by atoms with Crippen LogP contribution in [0.4, 0.5) is 32.0 Å². The number of hydrogen-bond acceptors (Lipinski definition) is 6. The van der Waals surface area contributed by atoms with Gasteiger partial charge in [-0.3, -0.25) is 14.6 Å². The standard InChI is InChI=1S/C22H21F6N3O5/c1-9-14(11-4-5-13(35-20(24)25)15(23)16(11)34-3)17(36-21(9,2)22(26,27)28)19(33)31-10-6-7-30-12(8-10)18(29)32/h4-9,14,17,20H,1-3H3,(H2,29,32)(H,30,31,33)/t9-,14-,17+,21+/m0/s1. The molecule has 0 bridgehead atoms. The zero-order valence-corrected chi connectivity index (χ0v) is 19.0. The van der Waals surface area contributed by atoms with E-state index < -0.39 is 65.5 Å². The maximum Gasteiger partial charge on any atom is 0.417 e. The zero-order chi connectivity index (χ0) is 27.0. The molecule has 1 fully saturated rings. The molecule has 0 saturated carbocycles. The van der Waals surface area contributed by atoms with Crippen molar-refractivity contribution >= 4 is 17.5 Å². The van der Waals surface area contributed by atoms with Crippen LogP contribution in [-0.2, 0) is 9.53 Å². The quantitative estimate of drug-likeness (QED) is 0.533. The van der Waals surface area contributed by atoms with Gasteiger partial charge in [-0.25, -0.2) is 0 Å². The Labute approximate surface area is 200 Å².